The van der Waals surface area contributed by atoms with E-state index in [-0.39, 0.29) is 4.88 Å². The second-order valence-electron chi connectivity index (χ2n) is 3.99. The Morgan fingerprint density at radius 2 is 1.68 bits per heavy atom. The van der Waals surface area contributed by atoms with E-state index in [0.29, 0.717) is 5.56 Å². The van der Waals surface area contributed by atoms with E-state index in [1.807, 2.05) is 0 Å². The van der Waals surface area contributed by atoms with Gasteiger partial charge in [-0.05, 0) is 23.1 Å². The molecule has 1 nitrogen and oxygen atoms in total. The Labute approximate surface area is 112 Å². The highest BCUT2D eigenvalue weighted by Gasteiger charge is 2.53. The number of hydrogen-bond acceptors (Lipinski definition) is 2. The van der Waals surface area contributed by atoms with Crippen LogP contribution in [0.3, 0.4) is 0 Å². The molecule has 0 unspecified atom stereocenters. The van der Waals surface area contributed by atoms with Crippen LogP contribution in [0.4, 0.5) is 13.2 Å². The van der Waals surface area contributed by atoms with Gasteiger partial charge in [0.25, 0.3) is 0 Å². The zero-order chi connectivity index (χ0) is 13.9. The van der Waals surface area contributed by atoms with Crippen LogP contribution in [-0.4, -0.2) is 11.3 Å². The molecule has 19 heavy (non-hydrogen) atoms. The van der Waals surface area contributed by atoms with Crippen LogP contribution in [0.25, 0.3) is 6.08 Å². The van der Waals surface area contributed by atoms with Gasteiger partial charge in [0.2, 0.25) is 5.60 Å². The fourth-order valence-corrected chi connectivity index (χ4v) is 2.42. The quantitative estimate of drug-likeness (QED) is 0.895. The number of thiophene rings is 1. The number of benzene rings is 1. The van der Waals surface area contributed by atoms with Gasteiger partial charge in [0.1, 0.15) is 0 Å². The van der Waals surface area contributed by atoms with E-state index < -0.39 is 11.8 Å². The Balaban J connectivity index is 2.38. The topological polar surface area (TPSA) is 20.2 Å². The summed E-state index contributed by atoms with van der Waals surface area (Å²) in [5.41, 5.74) is -2.35. The zero-order valence-electron chi connectivity index (χ0n) is 9.76. The fourth-order valence-electron chi connectivity index (χ4n) is 1.59. The van der Waals surface area contributed by atoms with Crippen molar-refractivity contribution in [1.29, 1.82) is 0 Å². The highest BCUT2D eigenvalue weighted by Crippen LogP contribution is 2.42. The molecule has 1 aromatic heterocycles. The van der Waals surface area contributed by atoms with E-state index in [0.717, 1.165) is 17.4 Å². The van der Waals surface area contributed by atoms with Crippen LogP contribution in [0.5, 0.6) is 0 Å². The van der Waals surface area contributed by atoms with Crippen LogP contribution in [0.2, 0.25) is 0 Å². The fraction of sp³-hybridized carbons (Fsp3) is 0.143. The maximum Gasteiger partial charge on any atom is 0.425 e. The number of rotatable bonds is 3. The molecule has 0 aliphatic carbocycles. The van der Waals surface area contributed by atoms with E-state index in [4.69, 9.17) is 0 Å². The summed E-state index contributed by atoms with van der Waals surface area (Å²) in [6.45, 7) is 0. The molecular formula is C14H11F3OS. The summed E-state index contributed by atoms with van der Waals surface area (Å²) in [7, 11) is 0. The lowest BCUT2D eigenvalue weighted by Gasteiger charge is -2.26. The normalized spacial score (nSPS) is 15.6. The van der Waals surface area contributed by atoms with Crippen LogP contribution < -0.4 is 0 Å². The van der Waals surface area contributed by atoms with Gasteiger partial charge in [-0.25, -0.2) is 0 Å². The van der Waals surface area contributed by atoms with Crippen molar-refractivity contribution in [3.05, 3.63) is 64.4 Å². The number of alkyl halides is 3. The van der Waals surface area contributed by atoms with Crippen molar-refractivity contribution in [2.75, 3.05) is 0 Å². The molecule has 0 aliphatic rings. The third-order valence-corrected chi connectivity index (χ3v) is 3.64. The van der Waals surface area contributed by atoms with Gasteiger partial charge in [0.15, 0.2) is 0 Å². The molecule has 0 bridgehead atoms. The molecular weight excluding hydrogens is 273 g/mol. The summed E-state index contributed by atoms with van der Waals surface area (Å²) < 4.78 is 39.2. The first-order valence-corrected chi connectivity index (χ1v) is 6.39. The molecule has 0 spiro atoms. The number of aliphatic hydroxyl groups is 1. The van der Waals surface area contributed by atoms with Gasteiger partial charge < -0.3 is 5.11 Å². The smallest absolute Gasteiger partial charge is 0.372 e. The van der Waals surface area contributed by atoms with Crippen LogP contribution in [0, 0.1) is 0 Å². The molecule has 1 atom stereocenters. The molecule has 0 saturated heterocycles. The maximum atomic E-state index is 13.1. The van der Waals surface area contributed by atoms with Crippen LogP contribution in [0.15, 0.2) is 53.9 Å². The van der Waals surface area contributed by atoms with Crippen LogP contribution in [0.1, 0.15) is 10.4 Å². The molecule has 1 N–H and O–H groups in total. The minimum absolute atomic E-state index is 0.146. The van der Waals surface area contributed by atoms with Crippen molar-refractivity contribution in [3.63, 3.8) is 0 Å². The van der Waals surface area contributed by atoms with Crippen molar-refractivity contribution in [2.24, 2.45) is 0 Å². The van der Waals surface area contributed by atoms with Gasteiger partial charge in [-0.15, -0.1) is 11.3 Å². The Kier molecular flexibility index (Phi) is 3.78. The summed E-state index contributed by atoms with van der Waals surface area (Å²) in [5.74, 6) is 0. The van der Waals surface area contributed by atoms with Crippen molar-refractivity contribution < 1.29 is 18.3 Å². The van der Waals surface area contributed by atoms with Crippen molar-refractivity contribution in [1.82, 2.24) is 0 Å². The van der Waals surface area contributed by atoms with Gasteiger partial charge in [-0.3, -0.25) is 0 Å². The van der Waals surface area contributed by atoms with Crippen molar-refractivity contribution in [3.8, 4) is 0 Å². The van der Waals surface area contributed by atoms with Crippen molar-refractivity contribution in [2.45, 2.75) is 11.8 Å². The minimum Gasteiger partial charge on any atom is -0.372 e. The molecule has 2 rings (SSSR count). The zero-order valence-corrected chi connectivity index (χ0v) is 10.6. The first kappa shape index (κ1) is 13.8. The molecule has 0 fully saturated rings. The second-order valence-corrected chi connectivity index (χ2v) is 4.93. The maximum absolute atomic E-state index is 13.1. The largest absolute Gasteiger partial charge is 0.425 e. The predicted molar refractivity (Wildman–Crippen MR) is 69.7 cm³/mol. The molecule has 100 valence electrons. The Morgan fingerprint density at radius 3 is 2.21 bits per heavy atom. The van der Waals surface area contributed by atoms with E-state index in [1.165, 1.54) is 23.6 Å². The van der Waals surface area contributed by atoms with E-state index in [2.05, 4.69) is 0 Å². The third kappa shape index (κ3) is 2.88. The first-order chi connectivity index (χ1) is 8.93. The third-order valence-electron chi connectivity index (χ3n) is 2.65. The standard InChI is InChI=1S/C14H11F3OS/c15-14(16,17)13(18,12-7-4-10-19-12)9-8-11-5-2-1-3-6-11/h1-10,18H/t13-/m1/s1. The van der Waals surface area contributed by atoms with Gasteiger partial charge in [0, 0.05) is 4.88 Å². The minimum atomic E-state index is -4.76. The molecule has 0 radical (unpaired) electrons. The summed E-state index contributed by atoms with van der Waals surface area (Å²) in [6, 6.07) is 11.3. The molecule has 5 heteroatoms. The molecule has 0 saturated carbocycles. The average molecular weight is 284 g/mol. The second kappa shape index (κ2) is 5.19. The summed E-state index contributed by atoms with van der Waals surface area (Å²) >= 11 is 0.871. The van der Waals surface area contributed by atoms with E-state index in [1.54, 1.807) is 30.3 Å². The molecule has 2 aromatic rings. The highest BCUT2D eigenvalue weighted by molar-refractivity contribution is 7.10. The lowest BCUT2D eigenvalue weighted by Crippen LogP contribution is -2.39. The Bertz CT molecular complexity index is 546. The van der Waals surface area contributed by atoms with Crippen LogP contribution >= 0.6 is 11.3 Å². The monoisotopic (exact) mass is 284 g/mol. The lowest BCUT2D eigenvalue weighted by molar-refractivity contribution is -0.243. The highest BCUT2D eigenvalue weighted by atomic mass is 32.1. The molecule has 0 amide bonds. The lowest BCUT2D eigenvalue weighted by atomic mass is 9.99. The van der Waals surface area contributed by atoms with Gasteiger partial charge in [0.05, 0.1) is 0 Å². The first-order valence-electron chi connectivity index (χ1n) is 5.51. The average Bonchev–Trinajstić information content (AvgIpc) is 2.90. The number of halogens is 3. The van der Waals surface area contributed by atoms with Gasteiger partial charge in [-0.1, -0.05) is 42.5 Å². The Hall–Kier alpha value is -1.59. The Morgan fingerprint density at radius 1 is 1.00 bits per heavy atom. The van der Waals surface area contributed by atoms with Gasteiger partial charge in [-0.2, -0.15) is 13.2 Å². The molecule has 1 aromatic carbocycles. The SMILES string of the molecule is O[C@](C=Cc1ccccc1)(c1cccs1)C(F)(F)F. The van der Waals surface area contributed by atoms with Gasteiger partial charge >= 0.3 is 6.18 Å². The van der Waals surface area contributed by atoms with E-state index >= 15 is 0 Å². The van der Waals surface area contributed by atoms with E-state index in [9.17, 15) is 18.3 Å². The molecule has 1 heterocycles. The summed E-state index contributed by atoms with van der Waals surface area (Å²) in [5, 5.41) is 11.5. The number of hydrogen-bond donors (Lipinski definition) is 1. The summed E-state index contributed by atoms with van der Waals surface area (Å²) in [4.78, 5) is -0.146. The van der Waals surface area contributed by atoms with Crippen molar-refractivity contribution >= 4 is 17.4 Å². The summed E-state index contributed by atoms with van der Waals surface area (Å²) in [6.07, 6.45) is -2.70. The predicted octanol–water partition coefficient (Wildman–Crippen LogP) is 4.21. The molecule has 0 aliphatic heterocycles. The van der Waals surface area contributed by atoms with Crippen LogP contribution in [-0.2, 0) is 5.60 Å².